The van der Waals surface area contributed by atoms with Crippen LogP contribution in [0.3, 0.4) is 0 Å². The van der Waals surface area contributed by atoms with Crippen molar-refractivity contribution in [3.05, 3.63) is 16.1 Å². The number of aromatic nitrogens is 1. The molecule has 0 aliphatic heterocycles. The number of carbonyl (C=O) groups excluding carboxylic acids is 2. The number of hydrogen-bond acceptors (Lipinski definition) is 4. The smallest absolute Gasteiger partial charge is 0.322 e. The minimum absolute atomic E-state index is 0.233. The number of nitrogens with one attached hydrogen (secondary N) is 2. The van der Waals surface area contributed by atoms with Gasteiger partial charge in [-0.3, -0.25) is 10.1 Å². The lowest BCUT2D eigenvalue weighted by molar-refractivity contribution is -0.117. The number of halogens is 1. The molecule has 2 N–H and O–H groups in total. The van der Waals surface area contributed by atoms with Gasteiger partial charge in [0.1, 0.15) is 10.9 Å². The Hall–Kier alpha value is -1.14. The van der Waals surface area contributed by atoms with Crippen LogP contribution in [0.25, 0.3) is 0 Å². The first kappa shape index (κ1) is 13.9. The van der Waals surface area contributed by atoms with E-state index in [1.807, 2.05) is 13.8 Å². The molecule has 5 nitrogen and oxygen atoms in total. The molecule has 0 radical (unpaired) electrons. The fourth-order valence-electron chi connectivity index (χ4n) is 1.14. The third-order valence-corrected chi connectivity index (χ3v) is 3.58. The second-order valence-electron chi connectivity index (χ2n) is 3.40. The Labute approximate surface area is 109 Å². The number of amides is 3. The van der Waals surface area contributed by atoms with Crippen molar-refractivity contribution in [3.63, 3.8) is 0 Å². The summed E-state index contributed by atoms with van der Waals surface area (Å²) in [6.45, 7) is 3.85. The molecule has 0 saturated carbocycles. The maximum absolute atomic E-state index is 11.3. The third-order valence-electron chi connectivity index (χ3n) is 2.01. The van der Waals surface area contributed by atoms with Crippen LogP contribution in [0.4, 0.5) is 4.79 Å². The third kappa shape index (κ3) is 4.32. The molecule has 94 valence electrons. The van der Waals surface area contributed by atoms with Crippen LogP contribution in [0.15, 0.2) is 6.20 Å². The zero-order valence-corrected chi connectivity index (χ0v) is 11.2. The van der Waals surface area contributed by atoms with Gasteiger partial charge in [-0.05, 0) is 13.3 Å². The first-order valence-corrected chi connectivity index (χ1v) is 6.52. The molecule has 17 heavy (non-hydrogen) atoms. The van der Waals surface area contributed by atoms with Crippen LogP contribution in [0.1, 0.15) is 29.8 Å². The van der Waals surface area contributed by atoms with Crippen LogP contribution < -0.4 is 10.6 Å². The SMILES string of the molecule is CCc1cnc(C(C)NC(=O)NC(=O)CCl)s1. The number of urea groups is 1. The summed E-state index contributed by atoms with van der Waals surface area (Å²) < 4.78 is 0. The normalized spacial score (nSPS) is 11.9. The molecule has 1 rings (SSSR count). The molecule has 0 aliphatic carbocycles. The van der Waals surface area contributed by atoms with Gasteiger partial charge in [0.05, 0.1) is 6.04 Å². The predicted octanol–water partition coefficient (Wildman–Crippen LogP) is 1.83. The maximum atomic E-state index is 11.3. The minimum atomic E-state index is -0.559. The van der Waals surface area contributed by atoms with Crippen LogP contribution in [-0.2, 0) is 11.2 Å². The number of hydrogen-bond donors (Lipinski definition) is 2. The highest BCUT2D eigenvalue weighted by Gasteiger charge is 2.14. The molecule has 0 fully saturated rings. The highest BCUT2D eigenvalue weighted by Crippen LogP contribution is 2.19. The van der Waals surface area contributed by atoms with Gasteiger partial charge < -0.3 is 5.32 Å². The summed E-state index contributed by atoms with van der Waals surface area (Å²) in [4.78, 5) is 27.6. The van der Waals surface area contributed by atoms with E-state index in [0.29, 0.717) is 0 Å². The first-order chi connectivity index (χ1) is 8.06. The average Bonchev–Trinajstić information content (AvgIpc) is 2.77. The van der Waals surface area contributed by atoms with E-state index in [-0.39, 0.29) is 11.9 Å². The predicted molar refractivity (Wildman–Crippen MR) is 67.3 cm³/mol. The lowest BCUT2D eigenvalue weighted by Gasteiger charge is -2.10. The van der Waals surface area contributed by atoms with Crippen molar-refractivity contribution in [2.45, 2.75) is 26.3 Å². The van der Waals surface area contributed by atoms with E-state index in [4.69, 9.17) is 11.6 Å². The fourth-order valence-corrected chi connectivity index (χ4v) is 2.07. The van der Waals surface area contributed by atoms with Gasteiger partial charge in [-0.25, -0.2) is 9.78 Å². The van der Waals surface area contributed by atoms with E-state index in [2.05, 4.69) is 15.6 Å². The summed E-state index contributed by atoms with van der Waals surface area (Å²) >= 11 is 6.81. The van der Waals surface area contributed by atoms with Gasteiger partial charge in [0.25, 0.3) is 0 Å². The number of nitrogens with zero attached hydrogens (tertiary/aromatic N) is 1. The molecule has 1 aromatic rings. The van der Waals surface area contributed by atoms with Gasteiger partial charge in [-0.2, -0.15) is 0 Å². The Bertz CT molecular complexity index is 408. The lowest BCUT2D eigenvalue weighted by Crippen LogP contribution is -2.41. The van der Waals surface area contributed by atoms with Crippen LogP contribution in [-0.4, -0.2) is 22.8 Å². The molecule has 1 unspecified atom stereocenters. The minimum Gasteiger partial charge on any atom is -0.329 e. The summed E-state index contributed by atoms with van der Waals surface area (Å²) in [5, 5.41) is 5.54. The Kier molecular flexibility index (Phi) is 5.37. The van der Waals surface area contributed by atoms with Crippen molar-refractivity contribution in [2.75, 3.05) is 5.88 Å². The molecular weight excluding hydrogens is 262 g/mol. The number of aryl methyl sites for hydroxylation is 1. The molecule has 0 bridgehead atoms. The first-order valence-electron chi connectivity index (χ1n) is 5.17. The van der Waals surface area contributed by atoms with Crippen molar-refractivity contribution in [1.82, 2.24) is 15.6 Å². The van der Waals surface area contributed by atoms with E-state index < -0.39 is 11.9 Å². The van der Waals surface area contributed by atoms with Crippen LogP contribution in [0.2, 0.25) is 0 Å². The number of thiazole rings is 1. The lowest BCUT2D eigenvalue weighted by atomic mass is 10.3. The van der Waals surface area contributed by atoms with E-state index in [1.54, 1.807) is 17.5 Å². The van der Waals surface area contributed by atoms with Gasteiger partial charge in [-0.15, -0.1) is 22.9 Å². The van der Waals surface area contributed by atoms with Crippen LogP contribution >= 0.6 is 22.9 Å². The monoisotopic (exact) mass is 275 g/mol. The molecule has 0 spiro atoms. The van der Waals surface area contributed by atoms with Crippen molar-refractivity contribution in [1.29, 1.82) is 0 Å². The summed E-state index contributed by atoms with van der Waals surface area (Å²) in [6.07, 6.45) is 2.71. The highest BCUT2D eigenvalue weighted by atomic mass is 35.5. The fraction of sp³-hybridized carbons (Fsp3) is 0.500. The van der Waals surface area contributed by atoms with E-state index >= 15 is 0 Å². The Balaban J connectivity index is 2.51. The van der Waals surface area contributed by atoms with E-state index in [9.17, 15) is 9.59 Å². The number of carbonyl (C=O) groups is 2. The van der Waals surface area contributed by atoms with Crippen LogP contribution in [0, 0.1) is 0 Å². The van der Waals surface area contributed by atoms with Gasteiger partial charge in [-0.1, -0.05) is 6.92 Å². The maximum Gasteiger partial charge on any atom is 0.322 e. The van der Waals surface area contributed by atoms with Gasteiger partial charge >= 0.3 is 6.03 Å². The second kappa shape index (κ2) is 6.56. The van der Waals surface area contributed by atoms with E-state index in [1.165, 1.54) is 0 Å². The summed E-state index contributed by atoms with van der Waals surface area (Å²) in [6, 6.07) is -0.792. The Morgan fingerprint density at radius 2 is 2.29 bits per heavy atom. The average molecular weight is 276 g/mol. The number of alkyl halides is 1. The molecule has 1 atom stereocenters. The van der Waals surface area contributed by atoms with Crippen molar-refractivity contribution in [3.8, 4) is 0 Å². The van der Waals surface area contributed by atoms with Gasteiger partial charge in [0, 0.05) is 11.1 Å². The number of rotatable bonds is 4. The highest BCUT2D eigenvalue weighted by molar-refractivity contribution is 7.11. The molecule has 7 heteroatoms. The van der Waals surface area contributed by atoms with Crippen LogP contribution in [0.5, 0.6) is 0 Å². The largest absolute Gasteiger partial charge is 0.329 e. The molecule has 0 saturated heterocycles. The Morgan fingerprint density at radius 1 is 1.59 bits per heavy atom. The topological polar surface area (TPSA) is 71.1 Å². The summed E-state index contributed by atoms with van der Waals surface area (Å²) in [7, 11) is 0. The summed E-state index contributed by atoms with van der Waals surface area (Å²) in [5.74, 6) is -0.760. The molecule has 0 aliphatic rings. The molecule has 0 aromatic carbocycles. The molecular formula is C10H14ClN3O2S. The Morgan fingerprint density at radius 3 is 2.82 bits per heavy atom. The number of imide groups is 1. The summed E-state index contributed by atoms with van der Waals surface area (Å²) in [5.41, 5.74) is 0. The standard InChI is InChI=1S/C10H14ClN3O2S/c1-3-7-5-12-9(17-7)6(2)13-10(16)14-8(15)4-11/h5-6H,3-4H2,1-2H3,(H2,13,14,15,16). The van der Waals surface area contributed by atoms with Gasteiger partial charge in [0.2, 0.25) is 5.91 Å². The molecule has 1 heterocycles. The van der Waals surface area contributed by atoms with E-state index in [0.717, 1.165) is 16.3 Å². The zero-order chi connectivity index (χ0) is 12.8. The van der Waals surface area contributed by atoms with Gasteiger partial charge in [0.15, 0.2) is 0 Å². The second-order valence-corrected chi connectivity index (χ2v) is 4.81. The van der Waals surface area contributed by atoms with Crippen molar-refractivity contribution in [2.24, 2.45) is 0 Å². The quantitative estimate of drug-likeness (QED) is 0.824. The molecule has 3 amide bonds. The van der Waals surface area contributed by atoms with Crippen molar-refractivity contribution >= 4 is 34.9 Å². The molecule has 1 aromatic heterocycles. The zero-order valence-electron chi connectivity index (χ0n) is 9.62. The van der Waals surface area contributed by atoms with Crippen molar-refractivity contribution < 1.29 is 9.59 Å².